The second-order valence-corrected chi connectivity index (χ2v) is 7.33. The maximum atomic E-state index is 12.8. The Bertz CT molecular complexity index is 1120. The average Bonchev–Trinajstić information content (AvgIpc) is 3.16. The van der Waals surface area contributed by atoms with Crippen LogP contribution in [0.1, 0.15) is 11.1 Å². The Morgan fingerprint density at radius 3 is 2.65 bits per heavy atom. The van der Waals surface area contributed by atoms with Gasteiger partial charge in [0.15, 0.2) is 0 Å². The van der Waals surface area contributed by atoms with Gasteiger partial charge in [-0.1, -0.05) is 41.9 Å². The van der Waals surface area contributed by atoms with Gasteiger partial charge in [0.2, 0.25) is 0 Å². The van der Waals surface area contributed by atoms with E-state index in [1.807, 2.05) is 0 Å². The first-order chi connectivity index (χ1) is 14.7. The van der Waals surface area contributed by atoms with Crippen LogP contribution in [-0.4, -0.2) is 27.2 Å². The van der Waals surface area contributed by atoms with Crippen LogP contribution in [0.4, 0.5) is 19.0 Å². The maximum Gasteiger partial charge on any atom is 0.416 e. The van der Waals surface area contributed by atoms with Crippen LogP contribution in [0.3, 0.4) is 0 Å². The lowest BCUT2D eigenvalue weighted by Crippen LogP contribution is -2.32. The molecule has 0 amide bonds. The van der Waals surface area contributed by atoms with Gasteiger partial charge in [0, 0.05) is 15.6 Å². The first-order valence-corrected chi connectivity index (χ1v) is 9.50. The standard InChI is InChI=1S/C20H15ClF3N3O4/c21-17-7-14(20(22,23)24)5-6-16(17)13-3-1-12(2-4-13)10-30-15-8-26-9-18(27(28)29)25-19(26)31-11-15/h1-7,9,15H,8,10-11H2/t15-/m1/s1. The highest BCUT2D eigenvalue weighted by atomic mass is 35.5. The molecule has 2 aromatic carbocycles. The van der Waals surface area contributed by atoms with Crippen LogP contribution in [-0.2, 0) is 24.1 Å². The third kappa shape index (κ3) is 4.64. The zero-order valence-electron chi connectivity index (χ0n) is 15.8. The summed E-state index contributed by atoms with van der Waals surface area (Å²) in [5.74, 6) is -0.284. The lowest BCUT2D eigenvalue weighted by Gasteiger charge is -2.22. The van der Waals surface area contributed by atoms with Crippen LogP contribution in [0.15, 0.2) is 48.7 Å². The Kier molecular flexibility index (Phi) is 5.59. The highest BCUT2D eigenvalue weighted by molar-refractivity contribution is 6.33. The van der Waals surface area contributed by atoms with E-state index in [0.29, 0.717) is 17.7 Å². The van der Waals surface area contributed by atoms with Crippen LogP contribution in [0.2, 0.25) is 5.02 Å². The molecule has 2 heterocycles. The Balaban J connectivity index is 1.39. The molecular formula is C20H15ClF3N3O4. The SMILES string of the molecule is O=[N+]([O-])c1cn2c(n1)OC[C@H](OCc1ccc(-c3ccc(C(F)(F)F)cc3Cl)cc1)C2. The smallest absolute Gasteiger partial charge is 0.416 e. The van der Waals surface area contributed by atoms with Crippen molar-refractivity contribution in [1.82, 2.24) is 9.55 Å². The summed E-state index contributed by atoms with van der Waals surface area (Å²) in [5, 5.41) is 10.8. The van der Waals surface area contributed by atoms with Gasteiger partial charge in [0.1, 0.15) is 18.9 Å². The fourth-order valence-corrected chi connectivity index (χ4v) is 3.47. The minimum atomic E-state index is -4.45. The summed E-state index contributed by atoms with van der Waals surface area (Å²) in [5.41, 5.74) is 1.22. The van der Waals surface area contributed by atoms with Gasteiger partial charge in [-0.3, -0.25) is 4.57 Å². The molecular weight excluding hydrogens is 439 g/mol. The molecule has 4 rings (SSSR count). The molecule has 0 spiro atoms. The van der Waals surface area contributed by atoms with Crippen molar-refractivity contribution < 1.29 is 27.6 Å². The molecule has 1 aliphatic heterocycles. The van der Waals surface area contributed by atoms with Crippen molar-refractivity contribution in [2.24, 2.45) is 0 Å². The van der Waals surface area contributed by atoms with E-state index < -0.39 is 16.7 Å². The summed E-state index contributed by atoms with van der Waals surface area (Å²) < 4.78 is 51.1. The monoisotopic (exact) mass is 453 g/mol. The van der Waals surface area contributed by atoms with E-state index in [1.165, 1.54) is 16.8 Å². The van der Waals surface area contributed by atoms with Crippen molar-refractivity contribution in [3.05, 3.63) is 74.9 Å². The maximum absolute atomic E-state index is 12.8. The summed E-state index contributed by atoms with van der Waals surface area (Å²) in [4.78, 5) is 14.0. The topological polar surface area (TPSA) is 79.4 Å². The van der Waals surface area contributed by atoms with E-state index >= 15 is 0 Å². The number of hydrogen-bond donors (Lipinski definition) is 0. The van der Waals surface area contributed by atoms with Gasteiger partial charge < -0.3 is 19.6 Å². The predicted octanol–water partition coefficient (Wildman–Crippen LogP) is 5.11. The normalized spacial score (nSPS) is 15.9. The van der Waals surface area contributed by atoms with Crippen LogP contribution in [0, 0.1) is 10.1 Å². The van der Waals surface area contributed by atoms with Gasteiger partial charge in [0.25, 0.3) is 0 Å². The summed E-state index contributed by atoms with van der Waals surface area (Å²) in [6.07, 6.45) is -3.47. The summed E-state index contributed by atoms with van der Waals surface area (Å²) >= 11 is 6.05. The Hall–Kier alpha value is -3.11. The first kappa shape index (κ1) is 21.1. The van der Waals surface area contributed by atoms with Gasteiger partial charge >= 0.3 is 18.0 Å². The predicted molar refractivity (Wildman–Crippen MR) is 105 cm³/mol. The van der Waals surface area contributed by atoms with Gasteiger partial charge in [-0.05, 0) is 28.2 Å². The van der Waals surface area contributed by atoms with Gasteiger partial charge in [-0.25, -0.2) is 0 Å². The van der Waals surface area contributed by atoms with Crippen molar-refractivity contribution in [2.45, 2.75) is 25.4 Å². The lowest BCUT2D eigenvalue weighted by atomic mass is 10.0. The Labute approximate surface area is 179 Å². The minimum Gasteiger partial charge on any atom is -0.443 e. The number of fused-ring (bicyclic) bond motifs is 1. The number of alkyl halides is 3. The average molecular weight is 454 g/mol. The first-order valence-electron chi connectivity index (χ1n) is 9.13. The Morgan fingerprint density at radius 2 is 2.00 bits per heavy atom. The van der Waals surface area contributed by atoms with E-state index in [9.17, 15) is 23.3 Å². The van der Waals surface area contributed by atoms with Crippen molar-refractivity contribution in [2.75, 3.05) is 6.61 Å². The fourth-order valence-electron chi connectivity index (χ4n) is 3.18. The van der Waals surface area contributed by atoms with Crippen molar-refractivity contribution in [1.29, 1.82) is 0 Å². The fraction of sp³-hybridized carbons (Fsp3) is 0.250. The second kappa shape index (κ2) is 8.20. The number of benzene rings is 2. The largest absolute Gasteiger partial charge is 0.443 e. The van der Waals surface area contributed by atoms with Crippen LogP contribution in [0.5, 0.6) is 6.01 Å². The number of aromatic nitrogens is 2. The van der Waals surface area contributed by atoms with Crippen LogP contribution < -0.4 is 4.74 Å². The molecule has 7 nitrogen and oxygen atoms in total. The molecule has 0 fully saturated rings. The molecule has 0 radical (unpaired) electrons. The zero-order valence-corrected chi connectivity index (χ0v) is 16.6. The lowest BCUT2D eigenvalue weighted by molar-refractivity contribution is -0.389. The molecule has 1 atom stereocenters. The van der Waals surface area contributed by atoms with Crippen LogP contribution in [0.25, 0.3) is 11.1 Å². The van der Waals surface area contributed by atoms with Crippen molar-refractivity contribution in [3.63, 3.8) is 0 Å². The molecule has 0 unspecified atom stereocenters. The highest BCUT2D eigenvalue weighted by Crippen LogP contribution is 2.35. The molecule has 0 saturated heterocycles. The molecule has 1 aromatic heterocycles. The second-order valence-electron chi connectivity index (χ2n) is 6.92. The number of hydrogen-bond acceptors (Lipinski definition) is 5. The zero-order chi connectivity index (χ0) is 22.2. The minimum absolute atomic E-state index is 0.0170. The number of halogens is 4. The molecule has 0 aliphatic carbocycles. The summed E-state index contributed by atoms with van der Waals surface area (Å²) in [6, 6.07) is 10.5. The van der Waals surface area contributed by atoms with E-state index in [2.05, 4.69) is 4.98 Å². The quantitative estimate of drug-likeness (QED) is 0.396. The number of nitro groups is 1. The number of ether oxygens (including phenoxy) is 2. The Morgan fingerprint density at radius 1 is 1.26 bits per heavy atom. The van der Waals surface area contributed by atoms with Crippen LogP contribution >= 0.6 is 11.6 Å². The molecule has 1 aliphatic rings. The van der Waals surface area contributed by atoms with Crippen molar-refractivity contribution in [3.8, 4) is 17.1 Å². The molecule has 0 N–H and O–H groups in total. The van der Waals surface area contributed by atoms with Gasteiger partial charge in [-0.15, -0.1) is 0 Å². The molecule has 3 aromatic rings. The molecule has 0 saturated carbocycles. The number of imidazole rings is 1. The van der Waals surface area contributed by atoms with Crippen molar-refractivity contribution >= 4 is 17.4 Å². The number of nitrogens with zero attached hydrogens (tertiary/aromatic N) is 3. The highest BCUT2D eigenvalue weighted by Gasteiger charge is 2.31. The third-order valence-corrected chi connectivity index (χ3v) is 5.07. The van der Waals surface area contributed by atoms with E-state index in [4.69, 9.17) is 21.1 Å². The van der Waals surface area contributed by atoms with Gasteiger partial charge in [-0.2, -0.15) is 13.2 Å². The van der Waals surface area contributed by atoms with E-state index in [0.717, 1.165) is 17.7 Å². The number of rotatable bonds is 5. The molecule has 162 valence electrons. The van der Waals surface area contributed by atoms with Gasteiger partial charge in [0.05, 0.1) is 18.7 Å². The third-order valence-electron chi connectivity index (χ3n) is 4.76. The summed E-state index contributed by atoms with van der Waals surface area (Å²) in [6.45, 7) is 0.851. The summed E-state index contributed by atoms with van der Waals surface area (Å²) in [7, 11) is 0. The van der Waals surface area contributed by atoms with E-state index in [1.54, 1.807) is 24.3 Å². The van der Waals surface area contributed by atoms with E-state index in [-0.39, 0.29) is 36.2 Å². The molecule has 0 bridgehead atoms. The molecule has 31 heavy (non-hydrogen) atoms. The molecule has 11 heteroatoms.